The van der Waals surface area contributed by atoms with E-state index >= 15 is 0 Å². The largest absolute Gasteiger partial charge is 0.356 e. The van der Waals surface area contributed by atoms with E-state index in [1.807, 2.05) is 6.07 Å². The van der Waals surface area contributed by atoms with E-state index in [2.05, 4.69) is 59.2 Å². The normalized spacial score (nSPS) is 21.0. The summed E-state index contributed by atoms with van der Waals surface area (Å²) >= 11 is 0. The standard InChI is InChI=1S/C22H26N2O/c25-21(20-16-22(20)10-13-23-14-11-22)24-12-9-17-5-4-8-19(15-17)18-6-2-1-3-7-18/h1-8,15,20,23H,9-14,16H2,(H,24,25). The van der Waals surface area contributed by atoms with Crippen LogP contribution >= 0.6 is 0 Å². The van der Waals surface area contributed by atoms with Crippen LogP contribution in [0.4, 0.5) is 0 Å². The van der Waals surface area contributed by atoms with Gasteiger partial charge in [0, 0.05) is 12.5 Å². The summed E-state index contributed by atoms with van der Waals surface area (Å²) < 4.78 is 0. The highest BCUT2D eigenvalue weighted by Gasteiger charge is 2.57. The van der Waals surface area contributed by atoms with E-state index in [4.69, 9.17) is 0 Å². The van der Waals surface area contributed by atoms with Crippen LogP contribution in [-0.2, 0) is 11.2 Å². The molecule has 1 spiro atoms. The van der Waals surface area contributed by atoms with Gasteiger partial charge >= 0.3 is 0 Å². The second kappa shape index (κ2) is 7.01. The van der Waals surface area contributed by atoms with Crippen molar-refractivity contribution in [3.63, 3.8) is 0 Å². The van der Waals surface area contributed by atoms with E-state index < -0.39 is 0 Å². The Morgan fingerprint density at radius 3 is 2.60 bits per heavy atom. The van der Waals surface area contributed by atoms with Crippen LogP contribution in [0.2, 0.25) is 0 Å². The Hall–Kier alpha value is -2.13. The average Bonchev–Trinajstić information content (AvgIpc) is 3.36. The summed E-state index contributed by atoms with van der Waals surface area (Å²) in [5, 5.41) is 6.56. The van der Waals surface area contributed by atoms with Crippen LogP contribution in [0.3, 0.4) is 0 Å². The zero-order valence-corrected chi connectivity index (χ0v) is 14.6. The molecule has 2 N–H and O–H groups in total. The lowest BCUT2D eigenvalue weighted by Crippen LogP contribution is -2.34. The van der Waals surface area contributed by atoms with Gasteiger partial charge in [0.15, 0.2) is 0 Å². The summed E-state index contributed by atoms with van der Waals surface area (Å²) in [4.78, 5) is 12.4. The molecular formula is C22H26N2O. The van der Waals surface area contributed by atoms with Gasteiger partial charge in [-0.1, -0.05) is 54.6 Å². The van der Waals surface area contributed by atoms with E-state index in [9.17, 15) is 4.79 Å². The molecule has 0 radical (unpaired) electrons. The minimum Gasteiger partial charge on any atom is -0.356 e. The second-order valence-corrected chi connectivity index (χ2v) is 7.48. The highest BCUT2D eigenvalue weighted by atomic mass is 16.2. The molecule has 25 heavy (non-hydrogen) atoms. The van der Waals surface area contributed by atoms with Gasteiger partial charge in [0.25, 0.3) is 0 Å². The van der Waals surface area contributed by atoms with Crippen LogP contribution in [0.15, 0.2) is 54.6 Å². The van der Waals surface area contributed by atoms with E-state index in [-0.39, 0.29) is 11.8 Å². The van der Waals surface area contributed by atoms with Crippen LogP contribution in [0.5, 0.6) is 0 Å². The quantitative estimate of drug-likeness (QED) is 0.880. The van der Waals surface area contributed by atoms with Gasteiger partial charge in [-0.05, 0) is 60.9 Å². The molecule has 2 aromatic rings. The van der Waals surface area contributed by atoms with Crippen molar-refractivity contribution < 1.29 is 4.79 Å². The number of hydrogen-bond donors (Lipinski definition) is 2. The maximum Gasteiger partial charge on any atom is 0.223 e. The fraction of sp³-hybridized carbons (Fsp3) is 0.409. The molecule has 1 aliphatic heterocycles. The Morgan fingerprint density at radius 1 is 1.04 bits per heavy atom. The molecule has 1 aliphatic carbocycles. The Kier molecular flexibility index (Phi) is 4.58. The Morgan fingerprint density at radius 2 is 1.80 bits per heavy atom. The molecule has 1 saturated carbocycles. The molecule has 2 fully saturated rings. The summed E-state index contributed by atoms with van der Waals surface area (Å²) in [5.74, 6) is 0.520. The number of benzene rings is 2. The van der Waals surface area contributed by atoms with Crippen LogP contribution in [0.1, 0.15) is 24.8 Å². The Labute approximate surface area is 149 Å². The fourth-order valence-corrected chi connectivity index (χ4v) is 4.19. The van der Waals surface area contributed by atoms with Crippen molar-refractivity contribution in [2.45, 2.75) is 25.7 Å². The molecule has 3 nitrogen and oxygen atoms in total. The Bertz CT molecular complexity index is 735. The molecule has 1 amide bonds. The minimum atomic E-state index is 0.255. The summed E-state index contributed by atoms with van der Waals surface area (Å²) in [6.07, 6.45) is 4.28. The first-order chi connectivity index (χ1) is 12.3. The third-order valence-corrected chi connectivity index (χ3v) is 5.85. The number of carbonyl (C=O) groups is 1. The van der Waals surface area contributed by atoms with Crippen LogP contribution in [0.25, 0.3) is 11.1 Å². The van der Waals surface area contributed by atoms with Gasteiger partial charge in [-0.3, -0.25) is 4.79 Å². The van der Waals surface area contributed by atoms with Gasteiger partial charge in [-0.2, -0.15) is 0 Å². The molecule has 4 rings (SSSR count). The minimum absolute atomic E-state index is 0.255. The third-order valence-electron chi connectivity index (χ3n) is 5.85. The second-order valence-electron chi connectivity index (χ2n) is 7.48. The summed E-state index contributed by atoms with van der Waals surface area (Å²) in [7, 11) is 0. The number of amides is 1. The molecular weight excluding hydrogens is 308 g/mol. The Balaban J connectivity index is 1.30. The van der Waals surface area contributed by atoms with E-state index in [1.54, 1.807) is 0 Å². The number of piperidine rings is 1. The molecule has 1 atom stereocenters. The van der Waals surface area contributed by atoms with Crippen molar-refractivity contribution in [3.05, 3.63) is 60.2 Å². The third kappa shape index (κ3) is 3.62. The number of rotatable bonds is 5. The van der Waals surface area contributed by atoms with E-state index in [0.29, 0.717) is 5.41 Å². The highest BCUT2D eigenvalue weighted by molar-refractivity contribution is 5.82. The van der Waals surface area contributed by atoms with Gasteiger partial charge < -0.3 is 10.6 Å². The first-order valence-corrected chi connectivity index (χ1v) is 9.40. The highest BCUT2D eigenvalue weighted by Crippen LogP contribution is 2.58. The molecule has 2 aromatic carbocycles. The van der Waals surface area contributed by atoms with Crippen LogP contribution in [0, 0.1) is 11.3 Å². The average molecular weight is 334 g/mol. The molecule has 3 heteroatoms. The molecule has 0 bridgehead atoms. The number of nitrogens with one attached hydrogen (secondary N) is 2. The number of carbonyl (C=O) groups excluding carboxylic acids is 1. The van der Waals surface area contributed by atoms with Crippen LogP contribution in [-0.4, -0.2) is 25.5 Å². The first kappa shape index (κ1) is 16.3. The fourth-order valence-electron chi connectivity index (χ4n) is 4.19. The van der Waals surface area contributed by atoms with Gasteiger partial charge in [0.1, 0.15) is 0 Å². The summed E-state index contributed by atoms with van der Waals surface area (Å²) in [6, 6.07) is 19.0. The molecule has 0 aromatic heterocycles. The summed E-state index contributed by atoms with van der Waals surface area (Å²) in [5.41, 5.74) is 4.07. The monoisotopic (exact) mass is 334 g/mol. The van der Waals surface area contributed by atoms with Crippen molar-refractivity contribution in [3.8, 4) is 11.1 Å². The number of hydrogen-bond acceptors (Lipinski definition) is 2. The van der Waals surface area contributed by atoms with E-state index in [1.165, 1.54) is 16.7 Å². The first-order valence-electron chi connectivity index (χ1n) is 9.40. The SMILES string of the molecule is O=C(NCCc1cccc(-c2ccccc2)c1)C1CC12CCNCC2. The maximum absolute atomic E-state index is 12.4. The van der Waals surface area contributed by atoms with Gasteiger partial charge in [-0.25, -0.2) is 0 Å². The van der Waals surface area contributed by atoms with Crippen molar-refractivity contribution >= 4 is 5.91 Å². The van der Waals surface area contributed by atoms with Crippen molar-refractivity contribution in [2.75, 3.05) is 19.6 Å². The molecule has 1 saturated heterocycles. The zero-order chi connectivity index (χ0) is 17.1. The van der Waals surface area contributed by atoms with Crippen LogP contribution < -0.4 is 10.6 Å². The van der Waals surface area contributed by atoms with Gasteiger partial charge in [-0.15, -0.1) is 0 Å². The topological polar surface area (TPSA) is 41.1 Å². The lowest BCUT2D eigenvalue weighted by molar-refractivity contribution is -0.123. The molecule has 2 aliphatic rings. The molecule has 1 unspecified atom stereocenters. The lowest BCUT2D eigenvalue weighted by Gasteiger charge is -2.23. The lowest BCUT2D eigenvalue weighted by atomic mass is 9.92. The zero-order valence-electron chi connectivity index (χ0n) is 14.6. The maximum atomic E-state index is 12.4. The van der Waals surface area contributed by atoms with Crippen molar-refractivity contribution in [1.29, 1.82) is 0 Å². The van der Waals surface area contributed by atoms with Crippen molar-refractivity contribution in [2.24, 2.45) is 11.3 Å². The molecule has 130 valence electrons. The van der Waals surface area contributed by atoms with Gasteiger partial charge in [0.05, 0.1) is 0 Å². The summed E-state index contributed by atoms with van der Waals surface area (Å²) in [6.45, 7) is 2.86. The van der Waals surface area contributed by atoms with Gasteiger partial charge in [0.2, 0.25) is 5.91 Å². The van der Waals surface area contributed by atoms with Crippen molar-refractivity contribution in [1.82, 2.24) is 10.6 Å². The smallest absolute Gasteiger partial charge is 0.223 e. The van der Waals surface area contributed by atoms with E-state index in [0.717, 1.165) is 45.3 Å². The molecule has 1 heterocycles. The predicted molar refractivity (Wildman–Crippen MR) is 101 cm³/mol. The predicted octanol–water partition coefficient (Wildman–Crippen LogP) is 3.40.